The smallest absolute Gasteiger partial charge is 0.236 e. The number of hydrogen-bond donors (Lipinski definition) is 1. The first kappa shape index (κ1) is 19.3. The third-order valence-corrected chi connectivity index (χ3v) is 7.83. The van der Waals surface area contributed by atoms with Crippen LogP contribution in [0.1, 0.15) is 6.42 Å². The van der Waals surface area contributed by atoms with E-state index in [1.54, 1.807) is 41.9 Å². The largest absolute Gasteiger partial charge is 0.493 e. The Hall–Kier alpha value is -2.07. The number of nitrogen functional groups attached to an aromatic ring is 1. The number of piperazine rings is 1. The van der Waals surface area contributed by atoms with Crippen LogP contribution in [-0.2, 0) is 4.79 Å². The van der Waals surface area contributed by atoms with Crippen molar-refractivity contribution in [3.05, 3.63) is 12.1 Å². The van der Waals surface area contributed by atoms with E-state index in [2.05, 4.69) is 14.9 Å². The zero-order valence-electron chi connectivity index (χ0n) is 15.9. The van der Waals surface area contributed by atoms with Gasteiger partial charge in [0.1, 0.15) is 5.82 Å². The van der Waals surface area contributed by atoms with Gasteiger partial charge in [0.15, 0.2) is 11.5 Å². The van der Waals surface area contributed by atoms with Crippen molar-refractivity contribution in [2.45, 2.75) is 11.7 Å². The molecule has 10 heteroatoms. The van der Waals surface area contributed by atoms with Gasteiger partial charge in [-0.05, 0) is 12.5 Å². The zero-order chi connectivity index (χ0) is 19.7. The second-order valence-corrected chi connectivity index (χ2v) is 9.33. The van der Waals surface area contributed by atoms with E-state index in [1.807, 2.05) is 11.0 Å². The van der Waals surface area contributed by atoms with Crippen LogP contribution in [0.3, 0.4) is 0 Å². The quantitative estimate of drug-likeness (QED) is 0.744. The molecule has 0 spiro atoms. The fraction of sp³-hybridized carbons (Fsp3) is 0.500. The van der Waals surface area contributed by atoms with Crippen LogP contribution in [0.4, 0.5) is 11.8 Å². The first-order chi connectivity index (χ1) is 13.6. The lowest BCUT2D eigenvalue weighted by Gasteiger charge is -2.35. The minimum absolute atomic E-state index is 0.103. The van der Waals surface area contributed by atoms with Crippen LogP contribution in [0.5, 0.6) is 11.5 Å². The van der Waals surface area contributed by atoms with Crippen LogP contribution in [0.15, 0.2) is 12.1 Å². The molecule has 1 amide bonds. The molecule has 1 aromatic heterocycles. The highest BCUT2D eigenvalue weighted by atomic mass is 33.1. The van der Waals surface area contributed by atoms with Crippen molar-refractivity contribution in [1.29, 1.82) is 0 Å². The monoisotopic (exact) mass is 421 g/mol. The number of nitrogens with two attached hydrogens (primary N) is 1. The second-order valence-electron chi connectivity index (χ2n) is 6.64. The van der Waals surface area contributed by atoms with Crippen molar-refractivity contribution in [1.82, 2.24) is 14.9 Å². The fourth-order valence-corrected chi connectivity index (χ4v) is 6.23. The number of ether oxygens (including phenoxy) is 2. The lowest BCUT2D eigenvalue weighted by molar-refractivity contribution is -0.130. The van der Waals surface area contributed by atoms with Crippen molar-refractivity contribution in [3.63, 3.8) is 0 Å². The van der Waals surface area contributed by atoms with E-state index in [4.69, 9.17) is 15.2 Å². The molecule has 1 aromatic carbocycles. The Bertz CT molecular complexity index is 883. The van der Waals surface area contributed by atoms with Crippen molar-refractivity contribution >= 4 is 50.2 Å². The molecule has 3 heterocycles. The van der Waals surface area contributed by atoms with Crippen LogP contribution in [0.25, 0.3) is 10.9 Å². The highest BCUT2D eigenvalue weighted by molar-refractivity contribution is 8.77. The number of rotatable bonds is 4. The molecule has 28 heavy (non-hydrogen) atoms. The molecule has 2 aliphatic rings. The number of amides is 1. The first-order valence-corrected chi connectivity index (χ1v) is 11.5. The molecule has 2 aromatic rings. The molecule has 150 valence electrons. The van der Waals surface area contributed by atoms with Gasteiger partial charge in [-0.15, -0.1) is 0 Å². The summed E-state index contributed by atoms with van der Waals surface area (Å²) in [7, 11) is 6.66. The highest BCUT2D eigenvalue weighted by Gasteiger charge is 2.31. The molecule has 0 aliphatic carbocycles. The van der Waals surface area contributed by atoms with Crippen LogP contribution in [-0.4, -0.2) is 72.2 Å². The Morgan fingerprint density at radius 1 is 1.14 bits per heavy atom. The number of hydrogen-bond acceptors (Lipinski definition) is 9. The van der Waals surface area contributed by atoms with Crippen LogP contribution >= 0.6 is 21.6 Å². The Morgan fingerprint density at radius 2 is 1.86 bits per heavy atom. The van der Waals surface area contributed by atoms with E-state index in [0.29, 0.717) is 55.0 Å². The summed E-state index contributed by atoms with van der Waals surface area (Å²) in [6.07, 6.45) is 0.962. The molecule has 8 nitrogen and oxygen atoms in total. The minimum Gasteiger partial charge on any atom is -0.493 e. The standard InChI is InChI=1S/C18H23N5O3S2/c1-25-13-9-11-12(10-14(13)26-2)20-18(21-16(11)19)23-6-4-22(5-7-23)17(24)15-3-8-27-28-15/h9-10,15H,3-8H2,1-2H3,(H2,19,20,21). The molecular formula is C18H23N5O3S2. The summed E-state index contributed by atoms with van der Waals surface area (Å²) in [6.45, 7) is 2.73. The topological polar surface area (TPSA) is 93.8 Å². The van der Waals surface area contributed by atoms with E-state index < -0.39 is 0 Å². The summed E-state index contributed by atoms with van der Waals surface area (Å²) < 4.78 is 10.7. The van der Waals surface area contributed by atoms with E-state index in [-0.39, 0.29) is 11.2 Å². The summed E-state index contributed by atoms with van der Waals surface area (Å²) in [4.78, 5) is 25.8. The third kappa shape index (κ3) is 3.62. The number of benzene rings is 1. The number of anilines is 2. The Kier molecular flexibility index (Phi) is 5.58. The van der Waals surface area contributed by atoms with E-state index >= 15 is 0 Å². The fourth-order valence-electron chi connectivity index (χ4n) is 3.44. The maximum absolute atomic E-state index is 12.6. The molecule has 0 saturated carbocycles. The molecule has 1 unspecified atom stereocenters. The van der Waals surface area contributed by atoms with Gasteiger partial charge in [-0.3, -0.25) is 4.79 Å². The van der Waals surface area contributed by atoms with Crippen LogP contribution in [0.2, 0.25) is 0 Å². The number of methoxy groups -OCH3 is 2. The maximum Gasteiger partial charge on any atom is 0.236 e. The Labute approximate surface area is 171 Å². The van der Waals surface area contributed by atoms with Gasteiger partial charge in [0.2, 0.25) is 11.9 Å². The van der Waals surface area contributed by atoms with Gasteiger partial charge < -0.3 is 25.0 Å². The van der Waals surface area contributed by atoms with E-state index in [0.717, 1.165) is 17.6 Å². The van der Waals surface area contributed by atoms with Crippen molar-refractivity contribution in [2.24, 2.45) is 0 Å². The lowest BCUT2D eigenvalue weighted by Crippen LogP contribution is -2.51. The molecule has 0 radical (unpaired) electrons. The molecular weight excluding hydrogens is 398 g/mol. The van der Waals surface area contributed by atoms with Crippen molar-refractivity contribution in [3.8, 4) is 11.5 Å². The second kappa shape index (κ2) is 8.12. The molecule has 0 bridgehead atoms. The summed E-state index contributed by atoms with van der Waals surface area (Å²) in [5, 5.41) is 0.831. The summed E-state index contributed by atoms with van der Waals surface area (Å²) in [5.41, 5.74) is 6.90. The highest BCUT2D eigenvalue weighted by Crippen LogP contribution is 2.38. The zero-order valence-corrected chi connectivity index (χ0v) is 17.5. The van der Waals surface area contributed by atoms with Crippen LogP contribution < -0.4 is 20.1 Å². The van der Waals surface area contributed by atoms with Gasteiger partial charge in [0.05, 0.1) is 25.0 Å². The molecule has 2 N–H and O–H groups in total. The summed E-state index contributed by atoms with van der Waals surface area (Å²) >= 11 is 0. The predicted molar refractivity (Wildman–Crippen MR) is 114 cm³/mol. The number of nitrogens with zero attached hydrogens (tertiary/aromatic N) is 4. The molecule has 2 fully saturated rings. The average Bonchev–Trinajstić information content (AvgIpc) is 3.27. The molecule has 4 rings (SSSR count). The average molecular weight is 422 g/mol. The van der Waals surface area contributed by atoms with Gasteiger partial charge in [0.25, 0.3) is 0 Å². The van der Waals surface area contributed by atoms with Crippen molar-refractivity contribution < 1.29 is 14.3 Å². The molecule has 2 aliphatic heterocycles. The summed E-state index contributed by atoms with van der Waals surface area (Å²) in [6, 6.07) is 3.60. The minimum atomic E-state index is 0.103. The maximum atomic E-state index is 12.6. The number of aromatic nitrogens is 2. The number of carbonyl (C=O) groups excluding carboxylic acids is 1. The Morgan fingerprint density at radius 3 is 2.50 bits per heavy atom. The van der Waals surface area contributed by atoms with E-state index in [9.17, 15) is 4.79 Å². The lowest BCUT2D eigenvalue weighted by atomic mass is 10.2. The third-order valence-electron chi connectivity index (χ3n) is 5.02. The first-order valence-electron chi connectivity index (χ1n) is 9.12. The van der Waals surface area contributed by atoms with Gasteiger partial charge in [-0.2, -0.15) is 4.98 Å². The predicted octanol–water partition coefficient (Wildman–Crippen LogP) is 2.03. The summed E-state index contributed by atoms with van der Waals surface area (Å²) in [5.74, 6) is 3.48. The van der Waals surface area contributed by atoms with Crippen LogP contribution in [0, 0.1) is 0 Å². The van der Waals surface area contributed by atoms with Gasteiger partial charge in [-0.25, -0.2) is 4.98 Å². The van der Waals surface area contributed by atoms with Crippen molar-refractivity contribution in [2.75, 3.05) is 56.8 Å². The van der Waals surface area contributed by atoms with Gasteiger partial charge in [0, 0.05) is 43.4 Å². The Balaban J connectivity index is 1.52. The number of fused-ring (bicyclic) bond motifs is 1. The SMILES string of the molecule is COc1cc2nc(N3CCN(C(=O)C4CCSS4)CC3)nc(N)c2cc1OC. The molecule has 2 saturated heterocycles. The normalized spacial score (nSPS) is 19.9. The van der Waals surface area contributed by atoms with Gasteiger partial charge in [-0.1, -0.05) is 21.6 Å². The number of carbonyl (C=O) groups is 1. The molecule has 1 atom stereocenters. The van der Waals surface area contributed by atoms with Gasteiger partial charge >= 0.3 is 0 Å². The van der Waals surface area contributed by atoms with E-state index in [1.165, 1.54) is 0 Å².